The van der Waals surface area contributed by atoms with Gasteiger partial charge >= 0.3 is 5.97 Å². The number of methoxy groups -OCH3 is 1. The van der Waals surface area contributed by atoms with Crippen molar-refractivity contribution in [2.75, 3.05) is 7.11 Å². The molecular formula is C9H6ClNO2S. The Bertz CT molecular complexity index is 426. The highest BCUT2D eigenvalue weighted by Gasteiger charge is 2.14. The molecule has 0 unspecified atom stereocenters. The minimum absolute atomic E-state index is 0.165. The van der Waals surface area contributed by atoms with Crippen molar-refractivity contribution >= 4 is 30.2 Å². The fraction of sp³-hybridized carbons (Fsp3) is 0.111. The molecule has 72 valence electrons. The molecule has 0 heterocycles. The van der Waals surface area contributed by atoms with Crippen LogP contribution >= 0.6 is 24.2 Å². The first-order chi connectivity index (χ1) is 6.61. The highest BCUT2D eigenvalue weighted by molar-refractivity contribution is 7.80. The fourth-order valence-electron chi connectivity index (χ4n) is 0.926. The molecule has 0 atom stereocenters. The van der Waals surface area contributed by atoms with Crippen LogP contribution in [0.15, 0.2) is 17.0 Å². The van der Waals surface area contributed by atoms with E-state index < -0.39 is 5.97 Å². The zero-order valence-electron chi connectivity index (χ0n) is 7.24. The van der Waals surface area contributed by atoms with Crippen molar-refractivity contribution < 1.29 is 9.53 Å². The Balaban J connectivity index is 3.33. The van der Waals surface area contributed by atoms with Crippen molar-refractivity contribution in [1.29, 1.82) is 5.26 Å². The third-order valence-corrected chi connectivity index (χ3v) is 2.63. The maximum atomic E-state index is 11.2. The minimum Gasteiger partial charge on any atom is -0.465 e. The molecule has 14 heavy (non-hydrogen) atoms. The zero-order chi connectivity index (χ0) is 10.7. The van der Waals surface area contributed by atoms with Crippen LogP contribution in [0.2, 0.25) is 5.02 Å². The monoisotopic (exact) mass is 227 g/mol. The van der Waals surface area contributed by atoms with Gasteiger partial charge in [-0.2, -0.15) is 5.26 Å². The van der Waals surface area contributed by atoms with E-state index in [1.807, 2.05) is 6.07 Å². The van der Waals surface area contributed by atoms with Gasteiger partial charge in [-0.1, -0.05) is 11.6 Å². The summed E-state index contributed by atoms with van der Waals surface area (Å²) in [5, 5.41) is 8.81. The molecule has 0 radical (unpaired) electrons. The molecule has 0 saturated carbocycles. The van der Waals surface area contributed by atoms with Crippen LogP contribution in [0.4, 0.5) is 0 Å². The number of hydrogen-bond donors (Lipinski definition) is 1. The van der Waals surface area contributed by atoms with Crippen LogP contribution in [0.25, 0.3) is 0 Å². The molecule has 0 aliphatic rings. The first-order valence-corrected chi connectivity index (χ1v) is 4.44. The summed E-state index contributed by atoms with van der Waals surface area (Å²) in [6, 6.07) is 4.80. The first kappa shape index (κ1) is 10.9. The van der Waals surface area contributed by atoms with Gasteiger partial charge in [0.05, 0.1) is 23.3 Å². The zero-order valence-corrected chi connectivity index (χ0v) is 8.89. The Morgan fingerprint density at radius 2 is 2.29 bits per heavy atom. The van der Waals surface area contributed by atoms with Crippen molar-refractivity contribution in [2.45, 2.75) is 4.90 Å². The summed E-state index contributed by atoms with van der Waals surface area (Å²) in [4.78, 5) is 11.4. The summed E-state index contributed by atoms with van der Waals surface area (Å²) in [7, 11) is 1.27. The van der Waals surface area contributed by atoms with Gasteiger partial charge in [0.15, 0.2) is 0 Å². The summed E-state index contributed by atoms with van der Waals surface area (Å²) < 4.78 is 4.52. The highest BCUT2D eigenvalue weighted by Crippen LogP contribution is 2.27. The van der Waals surface area contributed by atoms with E-state index >= 15 is 0 Å². The lowest BCUT2D eigenvalue weighted by atomic mass is 10.1. The second-order valence-electron chi connectivity index (χ2n) is 2.43. The van der Waals surface area contributed by atoms with Crippen LogP contribution in [0.1, 0.15) is 15.9 Å². The van der Waals surface area contributed by atoms with Gasteiger partial charge in [0.25, 0.3) is 0 Å². The maximum Gasteiger partial charge on any atom is 0.339 e. The Kier molecular flexibility index (Phi) is 3.39. The normalized spacial score (nSPS) is 9.29. The van der Waals surface area contributed by atoms with Gasteiger partial charge in [0.2, 0.25) is 0 Å². The fourth-order valence-corrected chi connectivity index (χ4v) is 1.42. The number of rotatable bonds is 1. The molecular weight excluding hydrogens is 222 g/mol. The number of thiol groups is 1. The molecule has 1 aromatic rings. The summed E-state index contributed by atoms with van der Waals surface area (Å²) in [5.74, 6) is -0.526. The third-order valence-electron chi connectivity index (χ3n) is 1.64. The summed E-state index contributed by atoms with van der Waals surface area (Å²) in [5.41, 5.74) is 0.532. The number of nitrogens with zero attached hydrogens (tertiary/aromatic N) is 1. The molecule has 0 amide bonds. The molecule has 3 nitrogen and oxygen atoms in total. The van der Waals surface area contributed by atoms with Crippen molar-refractivity contribution in [1.82, 2.24) is 0 Å². The van der Waals surface area contributed by atoms with E-state index in [2.05, 4.69) is 17.4 Å². The molecule has 0 fully saturated rings. The van der Waals surface area contributed by atoms with E-state index in [1.54, 1.807) is 0 Å². The predicted molar refractivity (Wildman–Crippen MR) is 54.8 cm³/mol. The highest BCUT2D eigenvalue weighted by atomic mass is 35.5. The second-order valence-corrected chi connectivity index (χ2v) is 3.25. The molecule has 1 aromatic carbocycles. The molecule has 0 aliphatic carbocycles. The number of carbonyl (C=O) groups is 1. The molecule has 0 aliphatic heterocycles. The van der Waals surface area contributed by atoms with Gasteiger partial charge in [0.1, 0.15) is 6.07 Å². The van der Waals surface area contributed by atoms with E-state index in [0.717, 1.165) is 0 Å². The van der Waals surface area contributed by atoms with Crippen LogP contribution in [0.3, 0.4) is 0 Å². The average Bonchev–Trinajstić information content (AvgIpc) is 2.21. The van der Waals surface area contributed by atoms with E-state index in [4.69, 9.17) is 16.9 Å². The summed E-state index contributed by atoms with van der Waals surface area (Å²) in [6.07, 6.45) is 0. The number of nitriles is 1. The van der Waals surface area contributed by atoms with Crippen LogP contribution in [0.5, 0.6) is 0 Å². The van der Waals surface area contributed by atoms with Gasteiger partial charge in [-0.15, -0.1) is 12.6 Å². The molecule has 0 spiro atoms. The van der Waals surface area contributed by atoms with Gasteiger partial charge in [0, 0.05) is 4.90 Å². The molecule has 0 N–H and O–H groups in total. The second kappa shape index (κ2) is 4.36. The molecule has 1 rings (SSSR count). The third kappa shape index (κ3) is 1.84. The predicted octanol–water partition coefficient (Wildman–Crippen LogP) is 2.29. The SMILES string of the molecule is COC(=O)c1ccc(C#N)c(Cl)c1S. The van der Waals surface area contributed by atoms with Gasteiger partial charge < -0.3 is 4.74 Å². The number of carbonyl (C=O) groups excluding carboxylic acids is 1. The van der Waals surface area contributed by atoms with Crippen molar-refractivity contribution in [2.24, 2.45) is 0 Å². The van der Waals surface area contributed by atoms with E-state index in [0.29, 0.717) is 0 Å². The Labute approximate surface area is 91.7 Å². The van der Waals surface area contributed by atoms with Crippen molar-refractivity contribution in [3.8, 4) is 6.07 Å². The molecule has 0 saturated heterocycles. The van der Waals surface area contributed by atoms with Crippen LogP contribution in [-0.4, -0.2) is 13.1 Å². The van der Waals surface area contributed by atoms with Crippen LogP contribution < -0.4 is 0 Å². The van der Waals surface area contributed by atoms with Crippen molar-refractivity contribution in [3.63, 3.8) is 0 Å². The van der Waals surface area contributed by atoms with E-state index in [-0.39, 0.29) is 21.0 Å². The van der Waals surface area contributed by atoms with Gasteiger partial charge in [-0.3, -0.25) is 0 Å². The summed E-state index contributed by atoms with van der Waals surface area (Å²) in [6.45, 7) is 0. The minimum atomic E-state index is -0.526. The van der Waals surface area contributed by atoms with E-state index in [1.165, 1.54) is 19.2 Å². The first-order valence-electron chi connectivity index (χ1n) is 3.61. The molecule has 0 bridgehead atoms. The average molecular weight is 228 g/mol. The Morgan fingerprint density at radius 3 is 2.79 bits per heavy atom. The quantitative estimate of drug-likeness (QED) is 0.592. The molecule has 5 heteroatoms. The van der Waals surface area contributed by atoms with Gasteiger partial charge in [-0.05, 0) is 12.1 Å². The van der Waals surface area contributed by atoms with Gasteiger partial charge in [-0.25, -0.2) is 4.79 Å². The molecule has 0 aromatic heterocycles. The number of hydrogen-bond acceptors (Lipinski definition) is 4. The topological polar surface area (TPSA) is 50.1 Å². The lowest BCUT2D eigenvalue weighted by Gasteiger charge is -2.05. The smallest absolute Gasteiger partial charge is 0.339 e. The van der Waals surface area contributed by atoms with E-state index in [9.17, 15) is 4.79 Å². The van der Waals surface area contributed by atoms with Crippen LogP contribution in [-0.2, 0) is 4.74 Å². The number of ether oxygens (including phenoxy) is 1. The standard InChI is InChI=1S/C9H6ClNO2S/c1-13-9(12)6-3-2-5(4-11)7(10)8(6)14/h2-3,14H,1H3. The summed E-state index contributed by atoms with van der Waals surface area (Å²) >= 11 is 9.84. The number of halogens is 1. The maximum absolute atomic E-state index is 11.2. The van der Waals surface area contributed by atoms with Crippen molar-refractivity contribution in [3.05, 3.63) is 28.3 Å². The Morgan fingerprint density at radius 1 is 1.64 bits per heavy atom. The lowest BCUT2D eigenvalue weighted by Crippen LogP contribution is -2.03. The Hall–Kier alpha value is -1.18. The number of esters is 1. The number of benzene rings is 1. The largest absolute Gasteiger partial charge is 0.465 e. The lowest BCUT2D eigenvalue weighted by molar-refractivity contribution is 0.0597. The van der Waals surface area contributed by atoms with Crippen LogP contribution in [0, 0.1) is 11.3 Å².